The molecule has 1 N–H and O–H groups in total. The lowest BCUT2D eigenvalue weighted by Gasteiger charge is -2.00. The molecular weight excluding hydrogens is 202 g/mol. The van der Waals surface area contributed by atoms with Crippen molar-refractivity contribution in [3.63, 3.8) is 0 Å². The average molecular weight is 211 g/mol. The molecule has 1 aromatic heterocycles. The van der Waals surface area contributed by atoms with Gasteiger partial charge in [0.05, 0.1) is 11.2 Å². The molecule has 0 spiro atoms. The Morgan fingerprint density at radius 3 is 2.56 bits per heavy atom. The van der Waals surface area contributed by atoms with Crippen LogP contribution in [0.1, 0.15) is 0 Å². The van der Waals surface area contributed by atoms with Crippen LogP contribution in [0.25, 0.3) is 16.7 Å². The molecule has 4 nitrogen and oxygen atoms in total. The molecule has 0 fully saturated rings. The number of rotatable bonds is 1. The third kappa shape index (κ3) is 1.24. The molecule has 0 bridgehead atoms. The summed E-state index contributed by atoms with van der Waals surface area (Å²) in [6.45, 7) is 0. The third-order valence-electron chi connectivity index (χ3n) is 2.46. The first kappa shape index (κ1) is 8.91. The normalized spacial score (nSPS) is 10.8. The lowest BCUT2D eigenvalue weighted by molar-refractivity contribution is 0.480. The van der Waals surface area contributed by atoms with E-state index in [1.54, 1.807) is 16.8 Å². The van der Waals surface area contributed by atoms with Gasteiger partial charge in [-0.3, -0.25) is 0 Å². The molecule has 0 amide bonds. The van der Waals surface area contributed by atoms with Crippen LogP contribution in [-0.4, -0.2) is 20.1 Å². The number of benzene rings is 2. The summed E-state index contributed by atoms with van der Waals surface area (Å²) in [4.78, 5) is 0. The molecule has 0 aliphatic carbocycles. The van der Waals surface area contributed by atoms with Crippen LogP contribution in [0.3, 0.4) is 0 Å². The SMILES string of the molecule is Oc1cccc2c1nnn2-c1ccccc1. The molecule has 4 heteroatoms. The molecule has 0 unspecified atom stereocenters. The highest BCUT2D eigenvalue weighted by Crippen LogP contribution is 2.23. The van der Waals surface area contributed by atoms with Crippen LogP contribution in [0.15, 0.2) is 48.5 Å². The van der Waals surface area contributed by atoms with Crippen LogP contribution in [0.2, 0.25) is 0 Å². The smallest absolute Gasteiger partial charge is 0.155 e. The molecule has 1 heterocycles. The Hall–Kier alpha value is -2.36. The van der Waals surface area contributed by atoms with Crippen LogP contribution in [0.4, 0.5) is 0 Å². The monoisotopic (exact) mass is 211 g/mol. The quantitative estimate of drug-likeness (QED) is 0.670. The third-order valence-corrected chi connectivity index (χ3v) is 2.46. The minimum atomic E-state index is 0.152. The van der Waals surface area contributed by atoms with E-state index in [1.165, 1.54) is 0 Å². The van der Waals surface area contributed by atoms with Crippen LogP contribution in [-0.2, 0) is 0 Å². The fourth-order valence-electron chi connectivity index (χ4n) is 1.69. The van der Waals surface area contributed by atoms with E-state index in [0.29, 0.717) is 5.52 Å². The number of phenolic OH excluding ortho intramolecular Hbond substituents is 1. The average Bonchev–Trinajstić information content (AvgIpc) is 2.75. The van der Waals surface area contributed by atoms with E-state index < -0.39 is 0 Å². The summed E-state index contributed by atoms with van der Waals surface area (Å²) in [5, 5.41) is 17.6. The Kier molecular flexibility index (Phi) is 1.86. The molecule has 16 heavy (non-hydrogen) atoms. The van der Waals surface area contributed by atoms with Gasteiger partial charge in [-0.2, -0.15) is 0 Å². The van der Waals surface area contributed by atoms with Gasteiger partial charge in [-0.15, -0.1) is 5.10 Å². The van der Waals surface area contributed by atoms with Gasteiger partial charge < -0.3 is 5.11 Å². The second kappa shape index (κ2) is 3.34. The standard InChI is InChI=1S/C12H9N3O/c16-11-8-4-7-10-12(11)13-14-15(10)9-5-2-1-3-6-9/h1-8,16H. The van der Waals surface area contributed by atoms with E-state index in [-0.39, 0.29) is 5.75 Å². The maximum absolute atomic E-state index is 9.62. The fraction of sp³-hybridized carbons (Fsp3) is 0. The highest BCUT2D eigenvalue weighted by molar-refractivity contribution is 5.81. The molecule has 0 radical (unpaired) electrons. The van der Waals surface area contributed by atoms with E-state index in [2.05, 4.69) is 10.3 Å². The molecule has 0 aliphatic rings. The molecular formula is C12H9N3O. The summed E-state index contributed by atoms with van der Waals surface area (Å²) in [6.07, 6.45) is 0. The number of fused-ring (bicyclic) bond motifs is 1. The molecule has 2 aromatic carbocycles. The Bertz CT molecular complexity index is 631. The Morgan fingerprint density at radius 1 is 0.938 bits per heavy atom. The largest absolute Gasteiger partial charge is 0.506 e. The van der Waals surface area contributed by atoms with Crippen LogP contribution in [0, 0.1) is 0 Å². The predicted octanol–water partition coefficient (Wildman–Crippen LogP) is 2.13. The number of para-hydroxylation sites is 1. The van der Waals surface area contributed by atoms with Gasteiger partial charge in [0.1, 0.15) is 5.75 Å². The summed E-state index contributed by atoms with van der Waals surface area (Å²) in [5.41, 5.74) is 2.24. The van der Waals surface area contributed by atoms with Crippen molar-refractivity contribution < 1.29 is 5.11 Å². The first-order chi connectivity index (χ1) is 7.86. The van der Waals surface area contributed by atoms with Gasteiger partial charge in [0.25, 0.3) is 0 Å². The maximum atomic E-state index is 9.62. The Labute approximate surface area is 91.8 Å². The summed E-state index contributed by atoms with van der Waals surface area (Å²) in [5.74, 6) is 0.152. The van der Waals surface area contributed by atoms with Gasteiger partial charge in [-0.05, 0) is 24.3 Å². The summed E-state index contributed by atoms with van der Waals surface area (Å²) < 4.78 is 1.70. The van der Waals surface area contributed by atoms with Crippen LogP contribution < -0.4 is 0 Å². The maximum Gasteiger partial charge on any atom is 0.155 e. The first-order valence-corrected chi connectivity index (χ1v) is 4.95. The van der Waals surface area contributed by atoms with Crippen molar-refractivity contribution in [1.82, 2.24) is 15.0 Å². The molecule has 3 aromatic rings. The Balaban J connectivity index is 2.30. The van der Waals surface area contributed by atoms with E-state index >= 15 is 0 Å². The van der Waals surface area contributed by atoms with Gasteiger partial charge in [0, 0.05) is 0 Å². The van der Waals surface area contributed by atoms with Crippen molar-refractivity contribution in [1.29, 1.82) is 0 Å². The zero-order valence-corrected chi connectivity index (χ0v) is 8.41. The second-order valence-electron chi connectivity index (χ2n) is 3.48. The van der Waals surface area contributed by atoms with E-state index in [1.807, 2.05) is 36.4 Å². The summed E-state index contributed by atoms with van der Waals surface area (Å²) in [7, 11) is 0. The van der Waals surface area contributed by atoms with Crippen molar-refractivity contribution in [3.05, 3.63) is 48.5 Å². The van der Waals surface area contributed by atoms with Gasteiger partial charge in [0.15, 0.2) is 5.52 Å². The zero-order chi connectivity index (χ0) is 11.0. The highest BCUT2D eigenvalue weighted by atomic mass is 16.3. The van der Waals surface area contributed by atoms with Crippen molar-refractivity contribution in [2.45, 2.75) is 0 Å². The Morgan fingerprint density at radius 2 is 1.75 bits per heavy atom. The molecule has 0 saturated heterocycles. The van der Waals surface area contributed by atoms with Gasteiger partial charge >= 0.3 is 0 Å². The second-order valence-corrected chi connectivity index (χ2v) is 3.48. The van der Waals surface area contributed by atoms with Crippen LogP contribution >= 0.6 is 0 Å². The molecule has 3 rings (SSSR count). The van der Waals surface area contributed by atoms with Crippen molar-refractivity contribution >= 4 is 11.0 Å². The van der Waals surface area contributed by atoms with E-state index in [9.17, 15) is 5.11 Å². The van der Waals surface area contributed by atoms with Gasteiger partial charge in [-0.25, -0.2) is 4.68 Å². The summed E-state index contributed by atoms with van der Waals surface area (Å²) >= 11 is 0. The predicted molar refractivity (Wildman–Crippen MR) is 60.5 cm³/mol. The topological polar surface area (TPSA) is 50.9 Å². The van der Waals surface area contributed by atoms with Crippen molar-refractivity contribution in [2.24, 2.45) is 0 Å². The lowest BCUT2D eigenvalue weighted by atomic mass is 10.2. The molecule has 0 saturated carbocycles. The molecule has 0 aliphatic heterocycles. The molecule has 0 atom stereocenters. The first-order valence-electron chi connectivity index (χ1n) is 4.95. The minimum absolute atomic E-state index is 0.152. The summed E-state index contributed by atoms with van der Waals surface area (Å²) in [6, 6.07) is 15.0. The number of hydrogen-bond donors (Lipinski definition) is 1. The van der Waals surface area contributed by atoms with Gasteiger partial charge in [-0.1, -0.05) is 29.5 Å². The molecule has 78 valence electrons. The number of nitrogens with zero attached hydrogens (tertiary/aromatic N) is 3. The lowest BCUT2D eigenvalue weighted by Crippen LogP contribution is -1.95. The van der Waals surface area contributed by atoms with Crippen LogP contribution in [0.5, 0.6) is 5.75 Å². The van der Waals surface area contributed by atoms with Gasteiger partial charge in [0.2, 0.25) is 0 Å². The zero-order valence-electron chi connectivity index (χ0n) is 8.41. The van der Waals surface area contributed by atoms with E-state index in [0.717, 1.165) is 11.2 Å². The highest BCUT2D eigenvalue weighted by Gasteiger charge is 2.08. The van der Waals surface area contributed by atoms with Crippen molar-refractivity contribution in [3.8, 4) is 11.4 Å². The number of aromatic nitrogens is 3. The minimum Gasteiger partial charge on any atom is -0.506 e. The number of phenols is 1. The number of aromatic hydroxyl groups is 1. The van der Waals surface area contributed by atoms with E-state index in [4.69, 9.17) is 0 Å². The fourth-order valence-corrected chi connectivity index (χ4v) is 1.69. The number of hydrogen-bond acceptors (Lipinski definition) is 3. The van der Waals surface area contributed by atoms with Crippen molar-refractivity contribution in [2.75, 3.05) is 0 Å².